The highest BCUT2D eigenvalue weighted by atomic mass is 79.9. The summed E-state index contributed by atoms with van der Waals surface area (Å²) in [4.78, 5) is 0. The van der Waals surface area contributed by atoms with Crippen LogP contribution in [0.15, 0.2) is 40.9 Å². The molecule has 0 amide bonds. The first-order chi connectivity index (χ1) is 10.0. The lowest BCUT2D eigenvalue weighted by Gasteiger charge is -2.15. The van der Waals surface area contributed by atoms with Gasteiger partial charge in [-0.05, 0) is 37.3 Å². The van der Waals surface area contributed by atoms with Crippen LogP contribution >= 0.6 is 15.9 Å². The molecule has 0 aliphatic carbocycles. The van der Waals surface area contributed by atoms with E-state index in [0.29, 0.717) is 16.9 Å². The molecule has 0 heterocycles. The zero-order valence-electron chi connectivity index (χ0n) is 11.4. The molecule has 0 aliphatic heterocycles. The van der Waals surface area contributed by atoms with Gasteiger partial charge in [0.2, 0.25) is 0 Å². The summed E-state index contributed by atoms with van der Waals surface area (Å²) in [5.74, 6) is 0.201. The van der Waals surface area contributed by atoms with E-state index >= 15 is 0 Å². The van der Waals surface area contributed by atoms with Crippen LogP contribution in [0.4, 0.5) is 4.39 Å². The normalized spacial score (nSPS) is 11.8. The van der Waals surface area contributed by atoms with E-state index in [1.807, 2.05) is 25.1 Å². The minimum atomic E-state index is -0.397. The summed E-state index contributed by atoms with van der Waals surface area (Å²) in [7, 11) is 0. The van der Waals surface area contributed by atoms with Gasteiger partial charge in [0.1, 0.15) is 18.2 Å². The van der Waals surface area contributed by atoms with Crippen molar-refractivity contribution in [2.75, 3.05) is 0 Å². The Morgan fingerprint density at radius 1 is 1.33 bits per heavy atom. The molecule has 0 fully saturated rings. The quantitative estimate of drug-likeness (QED) is 0.906. The molecule has 0 radical (unpaired) electrons. The maximum absolute atomic E-state index is 13.7. The van der Waals surface area contributed by atoms with Crippen LogP contribution in [0.1, 0.15) is 29.7 Å². The summed E-state index contributed by atoms with van der Waals surface area (Å²) in [6.07, 6.45) is 0. The molecule has 0 unspecified atom stereocenters. The maximum atomic E-state index is 13.7. The number of benzene rings is 2. The van der Waals surface area contributed by atoms with Crippen LogP contribution in [0, 0.1) is 17.1 Å². The first-order valence-corrected chi connectivity index (χ1v) is 7.17. The Hall–Kier alpha value is -1.90. The van der Waals surface area contributed by atoms with Crippen molar-refractivity contribution in [1.82, 2.24) is 0 Å². The van der Waals surface area contributed by atoms with Gasteiger partial charge in [-0.1, -0.05) is 22.0 Å². The highest BCUT2D eigenvalue weighted by Crippen LogP contribution is 2.28. The van der Waals surface area contributed by atoms with Crippen molar-refractivity contribution < 1.29 is 9.13 Å². The number of nitrogens with zero attached hydrogens (tertiary/aromatic N) is 1. The van der Waals surface area contributed by atoms with E-state index < -0.39 is 5.82 Å². The molecule has 21 heavy (non-hydrogen) atoms. The molecule has 0 saturated heterocycles. The molecule has 2 N–H and O–H groups in total. The van der Waals surface area contributed by atoms with Gasteiger partial charge in [0.25, 0.3) is 0 Å². The van der Waals surface area contributed by atoms with Crippen molar-refractivity contribution in [2.45, 2.75) is 19.6 Å². The summed E-state index contributed by atoms with van der Waals surface area (Å²) in [5.41, 5.74) is 7.48. The second kappa shape index (κ2) is 6.70. The molecule has 1 atom stereocenters. The topological polar surface area (TPSA) is 59.0 Å². The predicted molar refractivity (Wildman–Crippen MR) is 82.2 cm³/mol. The molecule has 2 aromatic carbocycles. The third kappa shape index (κ3) is 3.81. The van der Waals surface area contributed by atoms with Crippen LogP contribution in [-0.4, -0.2) is 0 Å². The van der Waals surface area contributed by atoms with E-state index in [1.165, 1.54) is 18.2 Å². The number of nitriles is 1. The zero-order valence-corrected chi connectivity index (χ0v) is 13.0. The van der Waals surface area contributed by atoms with Crippen LogP contribution in [0.5, 0.6) is 5.75 Å². The lowest BCUT2D eigenvalue weighted by atomic mass is 10.1. The summed E-state index contributed by atoms with van der Waals surface area (Å²) in [6.45, 7) is 1.89. The maximum Gasteiger partial charge on any atom is 0.129 e. The van der Waals surface area contributed by atoms with Gasteiger partial charge in [-0.25, -0.2) is 4.39 Å². The minimum absolute atomic E-state index is 0.0392. The second-order valence-electron chi connectivity index (χ2n) is 4.68. The molecule has 0 bridgehead atoms. The standard InChI is InChI=1S/C16H14BrFN2O/c1-10(20)14-4-3-13(17)7-16(14)21-9-12-6-11(8-19)2-5-15(12)18/h2-7,10H,9,20H2,1H3/t10-/m0/s1. The van der Waals surface area contributed by atoms with Gasteiger partial charge in [-0.2, -0.15) is 5.26 Å². The summed E-state index contributed by atoms with van der Waals surface area (Å²) < 4.78 is 20.3. The average molecular weight is 349 g/mol. The van der Waals surface area contributed by atoms with Crippen LogP contribution in [0.3, 0.4) is 0 Å². The number of hydrogen-bond acceptors (Lipinski definition) is 3. The van der Waals surface area contributed by atoms with Crippen molar-refractivity contribution >= 4 is 15.9 Å². The van der Waals surface area contributed by atoms with Gasteiger partial charge in [-0.3, -0.25) is 0 Å². The van der Waals surface area contributed by atoms with Gasteiger partial charge < -0.3 is 10.5 Å². The smallest absolute Gasteiger partial charge is 0.129 e. The Morgan fingerprint density at radius 2 is 2.10 bits per heavy atom. The molecule has 5 heteroatoms. The first kappa shape index (κ1) is 15.5. The van der Waals surface area contributed by atoms with E-state index in [1.54, 1.807) is 6.07 Å². The molecule has 0 spiro atoms. The highest BCUT2D eigenvalue weighted by Gasteiger charge is 2.11. The molecule has 0 saturated carbocycles. The van der Waals surface area contributed by atoms with Crippen LogP contribution in [0.2, 0.25) is 0 Å². The van der Waals surface area contributed by atoms with Crippen LogP contribution < -0.4 is 10.5 Å². The number of hydrogen-bond donors (Lipinski definition) is 1. The van der Waals surface area contributed by atoms with Gasteiger partial charge in [0.15, 0.2) is 0 Å². The summed E-state index contributed by atoms with van der Waals surface area (Å²) in [5, 5.41) is 8.86. The number of rotatable bonds is 4. The summed E-state index contributed by atoms with van der Waals surface area (Å²) in [6, 6.07) is 11.5. The van der Waals surface area contributed by atoms with Gasteiger partial charge in [-0.15, -0.1) is 0 Å². The molecular weight excluding hydrogens is 335 g/mol. The van der Waals surface area contributed by atoms with E-state index in [4.69, 9.17) is 15.7 Å². The van der Waals surface area contributed by atoms with Crippen molar-refractivity contribution in [2.24, 2.45) is 5.73 Å². The van der Waals surface area contributed by atoms with E-state index in [9.17, 15) is 4.39 Å². The van der Waals surface area contributed by atoms with E-state index in [2.05, 4.69) is 15.9 Å². The molecule has 0 aliphatic rings. The summed E-state index contributed by atoms with van der Waals surface area (Å²) >= 11 is 3.37. The second-order valence-corrected chi connectivity index (χ2v) is 5.59. The van der Waals surface area contributed by atoms with Gasteiger partial charge in [0, 0.05) is 21.6 Å². The predicted octanol–water partition coefficient (Wildman–Crippen LogP) is 4.06. The van der Waals surface area contributed by atoms with Crippen LogP contribution in [-0.2, 0) is 6.61 Å². The third-order valence-corrected chi connectivity index (χ3v) is 3.52. The zero-order chi connectivity index (χ0) is 15.4. The molecule has 2 aromatic rings. The molecule has 3 nitrogen and oxygen atoms in total. The molecule has 0 aromatic heterocycles. The Labute approximate surface area is 131 Å². The fourth-order valence-corrected chi connectivity index (χ4v) is 2.26. The van der Waals surface area contributed by atoms with Gasteiger partial charge >= 0.3 is 0 Å². The van der Waals surface area contributed by atoms with E-state index in [-0.39, 0.29) is 12.6 Å². The van der Waals surface area contributed by atoms with Crippen molar-refractivity contribution in [3.8, 4) is 11.8 Å². The van der Waals surface area contributed by atoms with Crippen LogP contribution in [0.25, 0.3) is 0 Å². The number of halogens is 2. The Balaban J connectivity index is 2.24. The van der Waals surface area contributed by atoms with E-state index in [0.717, 1.165) is 10.0 Å². The Bertz CT molecular complexity index is 695. The number of nitrogens with two attached hydrogens (primary N) is 1. The van der Waals surface area contributed by atoms with Crippen molar-refractivity contribution in [3.05, 3.63) is 63.4 Å². The lowest BCUT2D eigenvalue weighted by Crippen LogP contribution is -2.08. The Kier molecular flexibility index (Phi) is 4.94. The average Bonchev–Trinajstić information content (AvgIpc) is 2.46. The van der Waals surface area contributed by atoms with Crippen molar-refractivity contribution in [1.29, 1.82) is 5.26 Å². The number of ether oxygens (including phenoxy) is 1. The first-order valence-electron chi connectivity index (χ1n) is 6.37. The monoisotopic (exact) mass is 348 g/mol. The Morgan fingerprint density at radius 3 is 2.76 bits per heavy atom. The molecular formula is C16H14BrFN2O. The minimum Gasteiger partial charge on any atom is -0.488 e. The SMILES string of the molecule is C[C@H](N)c1ccc(Br)cc1OCc1cc(C#N)ccc1F. The fourth-order valence-electron chi connectivity index (χ4n) is 1.92. The molecule has 2 rings (SSSR count). The lowest BCUT2D eigenvalue weighted by molar-refractivity contribution is 0.295. The largest absolute Gasteiger partial charge is 0.488 e. The fraction of sp³-hybridized carbons (Fsp3) is 0.188. The molecule has 108 valence electrons. The van der Waals surface area contributed by atoms with Gasteiger partial charge in [0.05, 0.1) is 11.6 Å². The third-order valence-electron chi connectivity index (χ3n) is 3.02. The highest BCUT2D eigenvalue weighted by molar-refractivity contribution is 9.10. The van der Waals surface area contributed by atoms with Crippen molar-refractivity contribution in [3.63, 3.8) is 0 Å².